The molecule has 0 aliphatic carbocycles. The molecule has 3 aliphatic rings. The number of nitrogens with one attached hydrogen (secondary N) is 1. The smallest absolute Gasteiger partial charge is 0.154 e. The molecule has 5 rings (SSSR count). The van der Waals surface area contributed by atoms with Gasteiger partial charge in [0.2, 0.25) is 0 Å². The van der Waals surface area contributed by atoms with E-state index in [1.54, 1.807) is 18.2 Å². The summed E-state index contributed by atoms with van der Waals surface area (Å²) in [6, 6.07) is 5.11. The van der Waals surface area contributed by atoms with Gasteiger partial charge >= 0.3 is 0 Å². The van der Waals surface area contributed by atoms with Crippen molar-refractivity contribution in [2.24, 2.45) is 0 Å². The number of phenolic OH excluding ortho intramolecular Hbond substituents is 1. The van der Waals surface area contributed by atoms with Crippen molar-refractivity contribution >= 4 is 17.4 Å². The zero-order valence-electron chi connectivity index (χ0n) is 14.9. The van der Waals surface area contributed by atoms with Crippen LogP contribution in [0.25, 0.3) is 11.3 Å². The first-order chi connectivity index (χ1) is 13.2. The van der Waals surface area contributed by atoms with Gasteiger partial charge in [0.15, 0.2) is 5.82 Å². The second kappa shape index (κ2) is 6.93. The lowest BCUT2D eigenvalue weighted by Gasteiger charge is -2.27. The number of halogens is 1. The Morgan fingerprint density at radius 2 is 2.15 bits per heavy atom. The maximum atomic E-state index is 10.4. The fraction of sp³-hybridized carbons (Fsp3) is 0.500. The van der Waals surface area contributed by atoms with Crippen LogP contribution in [0.15, 0.2) is 18.2 Å². The molecule has 0 saturated carbocycles. The highest BCUT2D eigenvalue weighted by Gasteiger charge is 2.38. The fourth-order valence-corrected chi connectivity index (χ4v) is 4.57. The average Bonchev–Trinajstić information content (AvgIpc) is 3.30. The molecule has 4 heterocycles. The largest absolute Gasteiger partial charge is 0.507 e. The van der Waals surface area contributed by atoms with Crippen LogP contribution in [-0.2, 0) is 15.9 Å². The summed E-state index contributed by atoms with van der Waals surface area (Å²) in [6.07, 6.45) is 5.47. The normalized spacial score (nSPS) is 26.2. The molecule has 27 heavy (non-hydrogen) atoms. The van der Waals surface area contributed by atoms with Gasteiger partial charge in [-0.25, -0.2) is 0 Å². The van der Waals surface area contributed by atoms with Crippen LogP contribution < -0.4 is 5.32 Å². The highest BCUT2D eigenvalue weighted by atomic mass is 35.5. The predicted octanol–water partition coefficient (Wildman–Crippen LogP) is 3.87. The molecule has 0 unspecified atom stereocenters. The Kier molecular flexibility index (Phi) is 4.42. The van der Waals surface area contributed by atoms with Gasteiger partial charge < -0.3 is 19.9 Å². The van der Waals surface area contributed by atoms with Gasteiger partial charge in [-0.05, 0) is 49.4 Å². The fourth-order valence-electron chi connectivity index (χ4n) is 4.40. The first-order valence-corrected chi connectivity index (χ1v) is 9.96. The summed E-state index contributed by atoms with van der Waals surface area (Å²) in [4.78, 5) is 0. The highest BCUT2D eigenvalue weighted by Crippen LogP contribution is 2.47. The lowest BCUT2D eigenvalue weighted by molar-refractivity contribution is 0.0325. The van der Waals surface area contributed by atoms with E-state index in [0.29, 0.717) is 10.6 Å². The van der Waals surface area contributed by atoms with Gasteiger partial charge in [0.1, 0.15) is 11.4 Å². The third-order valence-electron chi connectivity index (χ3n) is 5.71. The molecule has 3 aliphatic heterocycles. The zero-order chi connectivity index (χ0) is 18.4. The molecule has 2 N–H and O–H groups in total. The van der Waals surface area contributed by atoms with Crippen LogP contribution in [0.3, 0.4) is 0 Å². The number of rotatable bonds is 4. The highest BCUT2D eigenvalue weighted by molar-refractivity contribution is 6.30. The Hall–Kier alpha value is -1.89. The minimum Gasteiger partial charge on any atom is -0.507 e. The summed E-state index contributed by atoms with van der Waals surface area (Å²) in [6.45, 7) is 1.56. The van der Waals surface area contributed by atoms with Gasteiger partial charge in [-0.15, -0.1) is 10.2 Å². The van der Waals surface area contributed by atoms with E-state index in [-0.39, 0.29) is 24.1 Å². The number of hydrogen-bond acceptors (Lipinski definition) is 6. The first kappa shape index (κ1) is 17.2. The minimum atomic E-state index is 0.0365. The maximum absolute atomic E-state index is 10.4. The molecule has 2 saturated heterocycles. The van der Waals surface area contributed by atoms with E-state index in [0.717, 1.165) is 67.9 Å². The third-order valence-corrected chi connectivity index (χ3v) is 5.95. The van der Waals surface area contributed by atoms with E-state index in [2.05, 4.69) is 15.5 Å². The van der Waals surface area contributed by atoms with Gasteiger partial charge in [-0.1, -0.05) is 11.6 Å². The van der Waals surface area contributed by atoms with Crippen molar-refractivity contribution in [3.63, 3.8) is 0 Å². The molecule has 2 fully saturated rings. The molecule has 7 heteroatoms. The molecule has 2 aromatic rings. The van der Waals surface area contributed by atoms with Crippen molar-refractivity contribution in [1.29, 1.82) is 0 Å². The molecule has 0 spiro atoms. The van der Waals surface area contributed by atoms with Crippen LogP contribution in [0.1, 0.15) is 42.9 Å². The summed E-state index contributed by atoms with van der Waals surface area (Å²) >= 11 is 5.99. The van der Waals surface area contributed by atoms with Gasteiger partial charge in [-0.3, -0.25) is 0 Å². The molecule has 6 nitrogen and oxygen atoms in total. The van der Waals surface area contributed by atoms with E-state index in [9.17, 15) is 5.11 Å². The van der Waals surface area contributed by atoms with Crippen molar-refractivity contribution < 1.29 is 14.6 Å². The quantitative estimate of drug-likeness (QED) is 0.829. The monoisotopic (exact) mass is 387 g/mol. The SMILES string of the molecule is Oc1cc(Cl)ccc1-c1nnc(NC[C@@H]2CCCO2)c2c1C[C@H]1CC[C@@H]2O1. The van der Waals surface area contributed by atoms with Crippen molar-refractivity contribution in [3.8, 4) is 17.0 Å². The minimum absolute atomic E-state index is 0.0365. The average molecular weight is 388 g/mol. The number of phenols is 1. The second-order valence-corrected chi connectivity index (χ2v) is 7.93. The van der Waals surface area contributed by atoms with Crippen LogP contribution in [0.5, 0.6) is 5.75 Å². The first-order valence-electron chi connectivity index (χ1n) is 9.58. The number of benzene rings is 1. The van der Waals surface area contributed by atoms with Crippen LogP contribution in [0.4, 0.5) is 5.82 Å². The van der Waals surface area contributed by atoms with Gasteiger partial charge in [0.05, 0.1) is 18.3 Å². The van der Waals surface area contributed by atoms with Crippen molar-refractivity contribution in [3.05, 3.63) is 34.3 Å². The van der Waals surface area contributed by atoms with Crippen molar-refractivity contribution in [1.82, 2.24) is 10.2 Å². The van der Waals surface area contributed by atoms with Gasteiger partial charge in [0.25, 0.3) is 0 Å². The molecular weight excluding hydrogens is 366 g/mol. The van der Waals surface area contributed by atoms with Gasteiger partial charge in [0, 0.05) is 35.7 Å². The van der Waals surface area contributed by atoms with E-state index in [1.807, 2.05) is 0 Å². The van der Waals surface area contributed by atoms with E-state index in [1.165, 1.54) is 0 Å². The molecular formula is C20H22ClN3O3. The number of ether oxygens (including phenoxy) is 2. The molecule has 3 atom stereocenters. The lowest BCUT2D eigenvalue weighted by Crippen LogP contribution is -2.25. The summed E-state index contributed by atoms with van der Waals surface area (Å²) in [5, 5.41) is 23.3. The topological polar surface area (TPSA) is 76.5 Å². The van der Waals surface area contributed by atoms with Crippen molar-refractivity contribution in [2.45, 2.75) is 50.4 Å². The molecule has 142 valence electrons. The number of anilines is 1. The van der Waals surface area contributed by atoms with Crippen LogP contribution in [0.2, 0.25) is 5.02 Å². The van der Waals surface area contributed by atoms with Crippen LogP contribution >= 0.6 is 11.6 Å². The van der Waals surface area contributed by atoms with Crippen molar-refractivity contribution in [2.75, 3.05) is 18.5 Å². The molecule has 1 aromatic carbocycles. The van der Waals surface area contributed by atoms with Crippen LogP contribution in [0, 0.1) is 0 Å². The summed E-state index contributed by atoms with van der Waals surface area (Å²) in [5.41, 5.74) is 3.59. The molecule has 1 aromatic heterocycles. The maximum Gasteiger partial charge on any atom is 0.154 e. The lowest BCUT2D eigenvalue weighted by atomic mass is 9.94. The van der Waals surface area contributed by atoms with E-state index in [4.69, 9.17) is 21.1 Å². The Bertz CT molecular complexity index is 870. The predicted molar refractivity (Wildman–Crippen MR) is 102 cm³/mol. The molecule has 2 bridgehead atoms. The summed E-state index contributed by atoms with van der Waals surface area (Å²) in [5.74, 6) is 0.904. The summed E-state index contributed by atoms with van der Waals surface area (Å²) in [7, 11) is 0. The standard InChI is InChI=1S/C20H22ClN3O3/c21-11-3-5-14(16(25)8-11)19-15-9-12-4-6-17(27-12)18(15)20(24-23-19)22-10-13-2-1-7-26-13/h3,5,8,12-13,17,25H,1-2,4,6-7,9-10H2,(H,22,24)/t12-,13+,17+/m1/s1. The third kappa shape index (κ3) is 3.16. The second-order valence-electron chi connectivity index (χ2n) is 7.50. The summed E-state index contributed by atoms with van der Waals surface area (Å²) < 4.78 is 11.9. The number of fused-ring (bicyclic) bond motifs is 4. The zero-order valence-corrected chi connectivity index (χ0v) is 15.7. The number of aromatic nitrogens is 2. The Labute approximate surface area is 162 Å². The van der Waals surface area contributed by atoms with E-state index < -0.39 is 0 Å². The Morgan fingerprint density at radius 3 is 2.96 bits per heavy atom. The number of aromatic hydroxyl groups is 1. The molecule has 0 radical (unpaired) electrons. The van der Waals surface area contributed by atoms with Crippen LogP contribution in [-0.4, -0.2) is 40.7 Å². The number of nitrogens with zero attached hydrogens (tertiary/aromatic N) is 2. The molecule has 0 amide bonds. The van der Waals surface area contributed by atoms with Gasteiger partial charge in [-0.2, -0.15) is 0 Å². The Morgan fingerprint density at radius 1 is 1.22 bits per heavy atom. The Balaban J connectivity index is 1.55. The number of hydrogen-bond donors (Lipinski definition) is 2. The van der Waals surface area contributed by atoms with E-state index >= 15 is 0 Å².